The van der Waals surface area contributed by atoms with E-state index in [0.29, 0.717) is 6.42 Å². The van der Waals surface area contributed by atoms with E-state index in [0.717, 1.165) is 25.7 Å². The van der Waals surface area contributed by atoms with E-state index in [4.69, 9.17) is 14.0 Å². The van der Waals surface area contributed by atoms with Gasteiger partial charge in [0.25, 0.3) is 5.91 Å². The molecule has 1 aliphatic heterocycles. The summed E-state index contributed by atoms with van der Waals surface area (Å²) in [4.78, 5) is 12.5. The molecule has 274 valence electrons. The quantitative estimate of drug-likeness (QED) is 0.0420. The van der Waals surface area contributed by atoms with Crippen molar-refractivity contribution in [1.82, 2.24) is 5.32 Å². The Balaban J connectivity index is 2.37. The minimum Gasteiger partial charge on any atom is -0.394 e. The van der Waals surface area contributed by atoms with Crippen LogP contribution < -0.4 is 5.32 Å². The Hall–Kier alpha value is -1.02. The summed E-state index contributed by atoms with van der Waals surface area (Å²) in [6.07, 6.45) is 1.44. The first-order valence-corrected chi connectivity index (χ1v) is 18.1. The molecule has 1 aliphatic rings. The van der Waals surface area contributed by atoms with Crippen molar-refractivity contribution in [2.75, 3.05) is 19.8 Å². The summed E-state index contributed by atoms with van der Waals surface area (Å²) in [5.74, 6) is -0.979. The van der Waals surface area contributed by atoms with Crippen LogP contribution in [0.2, 0.25) is 0 Å². The SMILES string of the molecule is CCCCCCCCCCCCCCCCCCNC(=O)[C@H](O)[C@@H](O)[C@H](O[C@H]1OC(COS(=O)(=O)O)[C@@H](O)[C@H](O)C1O)[C@H](O)CO. The lowest BCUT2D eigenvalue weighted by Gasteiger charge is -2.42. The number of nitrogens with one attached hydrogen (secondary N) is 1. The first-order chi connectivity index (χ1) is 21.8. The standard InChI is InChI=1S/C30H59NO14S/c1-2-3-4-5-6-7-8-9-10-11-12-13-14-15-16-17-18-31-29(39)26(37)25(36)28(21(33)19-32)45-30-27(38)24(35)23(34)22(44-30)20-43-46(40,41)42/h21-28,30,32-38H,2-20H2,1H3,(H,31,39)(H,40,41,42)/t21-,22?,23-,24+,25-,26-,27?,28-,30-/m1/s1. The molecule has 9 N–H and O–H groups in total. The van der Waals surface area contributed by atoms with Crippen LogP contribution in [0, 0.1) is 0 Å². The molecule has 1 fully saturated rings. The summed E-state index contributed by atoms with van der Waals surface area (Å²) in [6.45, 7) is 0.427. The third-order valence-electron chi connectivity index (χ3n) is 8.17. The molecule has 9 atom stereocenters. The number of ether oxygens (including phenoxy) is 2. The van der Waals surface area contributed by atoms with Gasteiger partial charge in [-0.05, 0) is 6.42 Å². The minimum absolute atomic E-state index is 0.221. The average molecular weight is 690 g/mol. The molecule has 1 amide bonds. The number of amides is 1. The van der Waals surface area contributed by atoms with E-state index < -0.39 is 84.6 Å². The van der Waals surface area contributed by atoms with E-state index in [1.807, 2.05) is 0 Å². The summed E-state index contributed by atoms with van der Waals surface area (Å²) >= 11 is 0. The number of carbonyl (C=O) groups excluding carboxylic acids is 1. The van der Waals surface area contributed by atoms with Crippen LogP contribution in [0.15, 0.2) is 0 Å². The molecule has 1 heterocycles. The van der Waals surface area contributed by atoms with Gasteiger partial charge in [0.05, 0.1) is 13.2 Å². The Morgan fingerprint density at radius 1 is 0.783 bits per heavy atom. The largest absolute Gasteiger partial charge is 0.397 e. The fraction of sp³-hybridized carbons (Fsp3) is 0.967. The molecular formula is C30H59NO14S. The molecule has 0 spiro atoms. The third kappa shape index (κ3) is 17.4. The summed E-state index contributed by atoms with van der Waals surface area (Å²) in [5, 5.41) is 73.6. The van der Waals surface area contributed by atoms with Gasteiger partial charge in [0.1, 0.15) is 42.7 Å². The molecule has 1 rings (SSSR count). The molecule has 0 aromatic heterocycles. The second kappa shape index (κ2) is 24.2. The van der Waals surface area contributed by atoms with Crippen LogP contribution in [0.5, 0.6) is 0 Å². The van der Waals surface area contributed by atoms with Gasteiger partial charge >= 0.3 is 10.4 Å². The maximum atomic E-state index is 12.5. The van der Waals surface area contributed by atoms with Crippen molar-refractivity contribution in [2.45, 2.75) is 165 Å². The Labute approximate surface area is 273 Å². The maximum absolute atomic E-state index is 12.5. The number of carbonyl (C=O) groups is 1. The van der Waals surface area contributed by atoms with Gasteiger partial charge in [0.15, 0.2) is 12.4 Å². The van der Waals surface area contributed by atoms with E-state index >= 15 is 0 Å². The van der Waals surface area contributed by atoms with Crippen LogP contribution in [-0.2, 0) is 28.9 Å². The topological polar surface area (TPSA) is 253 Å². The summed E-state index contributed by atoms with van der Waals surface area (Å²) < 4.78 is 45.1. The van der Waals surface area contributed by atoms with Crippen molar-refractivity contribution in [3.8, 4) is 0 Å². The Morgan fingerprint density at radius 2 is 1.26 bits per heavy atom. The first kappa shape index (κ1) is 43.0. The van der Waals surface area contributed by atoms with E-state index in [2.05, 4.69) is 16.4 Å². The van der Waals surface area contributed by atoms with E-state index in [1.165, 1.54) is 70.6 Å². The molecule has 2 unspecified atom stereocenters. The normalized spacial score (nSPS) is 24.8. The summed E-state index contributed by atoms with van der Waals surface area (Å²) in [6, 6.07) is 0. The molecule has 16 heteroatoms. The summed E-state index contributed by atoms with van der Waals surface area (Å²) in [5.41, 5.74) is 0. The molecule has 15 nitrogen and oxygen atoms in total. The number of unbranched alkanes of at least 4 members (excludes halogenated alkanes) is 15. The number of aliphatic hydroxyl groups is 7. The lowest BCUT2D eigenvalue weighted by Crippen LogP contribution is -2.62. The van der Waals surface area contributed by atoms with Crippen molar-refractivity contribution in [3.05, 3.63) is 0 Å². The summed E-state index contributed by atoms with van der Waals surface area (Å²) in [7, 11) is -4.96. The zero-order chi connectivity index (χ0) is 34.5. The second-order valence-electron chi connectivity index (χ2n) is 12.1. The zero-order valence-electron chi connectivity index (χ0n) is 27.1. The van der Waals surface area contributed by atoms with Gasteiger partial charge in [0, 0.05) is 6.54 Å². The number of hydrogen-bond acceptors (Lipinski definition) is 13. The molecule has 0 bridgehead atoms. The van der Waals surface area contributed by atoms with Crippen LogP contribution in [-0.4, -0.2) is 130 Å². The Morgan fingerprint density at radius 3 is 1.72 bits per heavy atom. The van der Waals surface area contributed by atoms with E-state index in [-0.39, 0.29) is 6.54 Å². The van der Waals surface area contributed by atoms with Gasteiger partial charge in [0.2, 0.25) is 0 Å². The molecule has 0 saturated carbocycles. The van der Waals surface area contributed by atoms with Crippen molar-refractivity contribution in [1.29, 1.82) is 0 Å². The lowest BCUT2D eigenvalue weighted by molar-refractivity contribution is -0.325. The predicted molar refractivity (Wildman–Crippen MR) is 167 cm³/mol. The Bertz CT molecular complexity index is 897. The number of aliphatic hydroxyl groups excluding tert-OH is 7. The van der Waals surface area contributed by atoms with Gasteiger partial charge in [-0.3, -0.25) is 9.35 Å². The van der Waals surface area contributed by atoms with Crippen LogP contribution in [0.25, 0.3) is 0 Å². The molecule has 0 aromatic carbocycles. The van der Waals surface area contributed by atoms with Gasteiger partial charge in [-0.1, -0.05) is 103 Å². The highest BCUT2D eigenvalue weighted by Gasteiger charge is 2.48. The van der Waals surface area contributed by atoms with E-state index in [9.17, 15) is 49.0 Å². The molecule has 0 radical (unpaired) electrons. The predicted octanol–water partition coefficient (Wildman–Crippen LogP) is 0.451. The molecule has 46 heavy (non-hydrogen) atoms. The average Bonchev–Trinajstić information content (AvgIpc) is 3.02. The third-order valence-corrected chi connectivity index (χ3v) is 8.60. The maximum Gasteiger partial charge on any atom is 0.397 e. The minimum atomic E-state index is -4.96. The first-order valence-electron chi connectivity index (χ1n) is 16.7. The fourth-order valence-electron chi connectivity index (χ4n) is 5.30. The second-order valence-corrected chi connectivity index (χ2v) is 13.2. The van der Waals surface area contributed by atoms with Crippen molar-refractivity contribution in [2.24, 2.45) is 0 Å². The Kier molecular flexibility index (Phi) is 22.6. The zero-order valence-corrected chi connectivity index (χ0v) is 27.9. The number of rotatable bonds is 27. The van der Waals surface area contributed by atoms with Crippen molar-refractivity contribution < 1.29 is 67.2 Å². The van der Waals surface area contributed by atoms with Gasteiger partial charge in [-0.15, -0.1) is 0 Å². The molecule has 0 aliphatic carbocycles. The molecular weight excluding hydrogens is 630 g/mol. The smallest absolute Gasteiger partial charge is 0.394 e. The van der Waals surface area contributed by atoms with Crippen molar-refractivity contribution in [3.63, 3.8) is 0 Å². The highest BCUT2D eigenvalue weighted by atomic mass is 32.3. The number of hydrogen-bond donors (Lipinski definition) is 9. The van der Waals surface area contributed by atoms with Crippen LogP contribution >= 0.6 is 0 Å². The fourth-order valence-corrected chi connectivity index (χ4v) is 5.61. The van der Waals surface area contributed by atoms with Crippen LogP contribution in [0.4, 0.5) is 0 Å². The molecule has 0 aromatic rings. The van der Waals surface area contributed by atoms with Gasteiger partial charge in [-0.25, -0.2) is 4.18 Å². The van der Waals surface area contributed by atoms with Crippen LogP contribution in [0.3, 0.4) is 0 Å². The highest BCUT2D eigenvalue weighted by molar-refractivity contribution is 7.80. The van der Waals surface area contributed by atoms with E-state index in [1.54, 1.807) is 0 Å². The van der Waals surface area contributed by atoms with Gasteiger partial charge in [-0.2, -0.15) is 8.42 Å². The monoisotopic (exact) mass is 689 g/mol. The molecule has 1 saturated heterocycles. The lowest BCUT2D eigenvalue weighted by atomic mass is 9.98. The van der Waals surface area contributed by atoms with Crippen molar-refractivity contribution >= 4 is 16.3 Å². The highest BCUT2D eigenvalue weighted by Crippen LogP contribution is 2.26. The van der Waals surface area contributed by atoms with Crippen LogP contribution in [0.1, 0.15) is 110 Å². The van der Waals surface area contributed by atoms with Gasteiger partial charge < -0.3 is 50.5 Å².